The molecule has 0 amide bonds. The summed E-state index contributed by atoms with van der Waals surface area (Å²) >= 11 is 1.99. The molecule has 0 radical (unpaired) electrons. The second-order valence-electron chi connectivity index (χ2n) is 6.99. The lowest BCUT2D eigenvalue weighted by atomic mass is 9.82. The Bertz CT molecular complexity index is 266. The number of nitrogens with zero attached hydrogens (tertiary/aromatic N) is 1. The molecule has 20 heavy (non-hydrogen) atoms. The second kappa shape index (κ2) is 8.65. The smallest absolute Gasteiger partial charge is 0.0224 e. The highest BCUT2D eigenvalue weighted by Gasteiger charge is 2.32. The van der Waals surface area contributed by atoms with Gasteiger partial charge in [0.1, 0.15) is 0 Å². The molecule has 1 saturated carbocycles. The van der Waals surface area contributed by atoms with Crippen LogP contribution in [-0.4, -0.2) is 48.6 Å². The average Bonchev–Trinajstić information content (AvgIpc) is 2.48. The summed E-state index contributed by atoms with van der Waals surface area (Å²) in [6, 6.07) is 1.53. The van der Waals surface area contributed by atoms with Gasteiger partial charge >= 0.3 is 0 Å². The largest absolute Gasteiger partial charge is 0.311 e. The molecule has 2 nitrogen and oxygen atoms in total. The molecule has 2 rings (SSSR count). The van der Waals surface area contributed by atoms with E-state index >= 15 is 0 Å². The monoisotopic (exact) mass is 298 g/mol. The molecular formula is C17H34N2S. The van der Waals surface area contributed by atoms with Crippen molar-refractivity contribution in [3.8, 4) is 0 Å². The van der Waals surface area contributed by atoms with Crippen molar-refractivity contribution < 1.29 is 0 Å². The zero-order valence-electron chi connectivity index (χ0n) is 13.7. The molecule has 0 aromatic heterocycles. The molecule has 1 aliphatic carbocycles. The van der Waals surface area contributed by atoms with Gasteiger partial charge in [-0.25, -0.2) is 0 Å². The van der Waals surface area contributed by atoms with Crippen molar-refractivity contribution in [2.75, 3.05) is 31.6 Å². The molecule has 1 N–H and O–H groups in total. The number of nitrogens with one attached hydrogen (secondary N) is 1. The molecule has 3 unspecified atom stereocenters. The molecule has 3 heteroatoms. The van der Waals surface area contributed by atoms with E-state index in [4.69, 9.17) is 0 Å². The predicted molar refractivity (Wildman–Crippen MR) is 91.6 cm³/mol. The molecule has 3 atom stereocenters. The van der Waals surface area contributed by atoms with Crippen molar-refractivity contribution in [3.63, 3.8) is 0 Å². The first-order valence-electron chi connectivity index (χ1n) is 8.71. The van der Waals surface area contributed by atoms with E-state index < -0.39 is 0 Å². The fourth-order valence-corrected chi connectivity index (χ4v) is 4.77. The minimum Gasteiger partial charge on any atom is -0.311 e. The van der Waals surface area contributed by atoms with E-state index in [-0.39, 0.29) is 0 Å². The summed E-state index contributed by atoms with van der Waals surface area (Å²) in [7, 11) is 0. The zero-order valence-corrected chi connectivity index (χ0v) is 14.6. The standard InChI is InChI=1S/C17H34N2S/c1-4-16-10-18-17(15-8-6-5-7-9-15)12-19(16)11-14(2)13-20-3/h14-18H,4-13H2,1-3H3. The minimum absolute atomic E-state index is 0.763. The SMILES string of the molecule is CCC1CNC(C2CCCCC2)CN1CC(C)CSC. The summed E-state index contributed by atoms with van der Waals surface area (Å²) in [5, 5.41) is 3.88. The van der Waals surface area contributed by atoms with Crippen LogP contribution in [0.25, 0.3) is 0 Å². The van der Waals surface area contributed by atoms with Gasteiger partial charge in [-0.2, -0.15) is 11.8 Å². The van der Waals surface area contributed by atoms with Gasteiger partial charge in [0.25, 0.3) is 0 Å². The van der Waals surface area contributed by atoms with Gasteiger partial charge in [-0.15, -0.1) is 0 Å². The minimum atomic E-state index is 0.763. The maximum absolute atomic E-state index is 3.88. The van der Waals surface area contributed by atoms with Crippen LogP contribution in [0.4, 0.5) is 0 Å². The Labute approximate surface area is 130 Å². The maximum atomic E-state index is 3.88. The summed E-state index contributed by atoms with van der Waals surface area (Å²) in [6.45, 7) is 8.57. The highest BCUT2D eigenvalue weighted by Crippen LogP contribution is 2.29. The third-order valence-electron chi connectivity index (χ3n) is 5.25. The highest BCUT2D eigenvalue weighted by atomic mass is 32.2. The lowest BCUT2D eigenvalue weighted by Crippen LogP contribution is -2.59. The fraction of sp³-hybridized carbons (Fsp3) is 1.00. The van der Waals surface area contributed by atoms with Crippen molar-refractivity contribution in [1.82, 2.24) is 10.2 Å². The highest BCUT2D eigenvalue weighted by molar-refractivity contribution is 7.98. The van der Waals surface area contributed by atoms with E-state index in [9.17, 15) is 0 Å². The van der Waals surface area contributed by atoms with Crippen LogP contribution in [0.3, 0.4) is 0 Å². The Morgan fingerprint density at radius 3 is 2.65 bits per heavy atom. The van der Waals surface area contributed by atoms with E-state index in [1.54, 1.807) is 0 Å². The molecule has 118 valence electrons. The Morgan fingerprint density at radius 1 is 1.25 bits per heavy atom. The zero-order chi connectivity index (χ0) is 14.4. The molecule has 0 bridgehead atoms. The molecule has 0 aromatic carbocycles. The lowest BCUT2D eigenvalue weighted by Gasteiger charge is -2.44. The lowest BCUT2D eigenvalue weighted by molar-refractivity contribution is 0.0840. The first kappa shape index (κ1) is 16.6. The molecule has 0 spiro atoms. The Morgan fingerprint density at radius 2 is 2.00 bits per heavy atom. The van der Waals surface area contributed by atoms with Crippen molar-refractivity contribution >= 4 is 11.8 Å². The molecular weight excluding hydrogens is 264 g/mol. The van der Waals surface area contributed by atoms with Crippen LogP contribution < -0.4 is 5.32 Å². The van der Waals surface area contributed by atoms with Gasteiger partial charge in [-0.3, -0.25) is 4.90 Å². The molecule has 0 aromatic rings. The first-order chi connectivity index (χ1) is 9.74. The molecule has 1 heterocycles. The van der Waals surface area contributed by atoms with Crippen LogP contribution >= 0.6 is 11.8 Å². The van der Waals surface area contributed by atoms with Gasteiger partial charge in [0.15, 0.2) is 0 Å². The van der Waals surface area contributed by atoms with Crippen LogP contribution in [0, 0.1) is 11.8 Å². The summed E-state index contributed by atoms with van der Waals surface area (Å²) in [5.74, 6) is 3.07. The topological polar surface area (TPSA) is 15.3 Å². The van der Waals surface area contributed by atoms with E-state index in [2.05, 4.69) is 30.3 Å². The normalized spacial score (nSPS) is 31.4. The number of rotatable bonds is 6. The molecule has 2 aliphatic rings. The van der Waals surface area contributed by atoms with Gasteiger partial charge in [-0.1, -0.05) is 33.1 Å². The van der Waals surface area contributed by atoms with Gasteiger partial charge < -0.3 is 5.32 Å². The van der Waals surface area contributed by atoms with Gasteiger partial charge in [0.2, 0.25) is 0 Å². The number of thioether (sulfide) groups is 1. The average molecular weight is 299 g/mol. The second-order valence-corrected chi connectivity index (χ2v) is 7.90. The van der Waals surface area contributed by atoms with Crippen LogP contribution in [0.5, 0.6) is 0 Å². The summed E-state index contributed by atoms with van der Waals surface area (Å²) in [4.78, 5) is 2.80. The Kier molecular flexibility index (Phi) is 7.20. The first-order valence-corrected chi connectivity index (χ1v) is 10.1. The predicted octanol–water partition coefficient (Wildman–Crippen LogP) is 3.62. The van der Waals surface area contributed by atoms with E-state index in [1.807, 2.05) is 11.8 Å². The van der Waals surface area contributed by atoms with Gasteiger partial charge in [-0.05, 0) is 43.1 Å². The summed E-state index contributed by atoms with van der Waals surface area (Å²) in [6.07, 6.45) is 10.8. The molecule has 1 aliphatic heterocycles. The Balaban J connectivity index is 1.88. The van der Waals surface area contributed by atoms with E-state index in [1.165, 1.54) is 63.9 Å². The number of piperazine rings is 1. The quantitative estimate of drug-likeness (QED) is 0.806. The summed E-state index contributed by atoms with van der Waals surface area (Å²) in [5.41, 5.74) is 0. The van der Waals surface area contributed by atoms with E-state index in [0.717, 1.165) is 23.9 Å². The third kappa shape index (κ3) is 4.64. The molecule has 1 saturated heterocycles. The Hall–Kier alpha value is 0.270. The van der Waals surface area contributed by atoms with E-state index in [0.29, 0.717) is 0 Å². The van der Waals surface area contributed by atoms with Gasteiger partial charge in [0.05, 0.1) is 0 Å². The third-order valence-corrected chi connectivity index (χ3v) is 6.15. The molecule has 2 fully saturated rings. The van der Waals surface area contributed by atoms with Crippen LogP contribution in [-0.2, 0) is 0 Å². The van der Waals surface area contributed by atoms with Crippen LogP contribution in [0.1, 0.15) is 52.4 Å². The number of hydrogen-bond donors (Lipinski definition) is 1. The van der Waals surface area contributed by atoms with Crippen LogP contribution in [0.15, 0.2) is 0 Å². The maximum Gasteiger partial charge on any atom is 0.0224 e. The summed E-state index contributed by atoms with van der Waals surface area (Å²) < 4.78 is 0. The van der Waals surface area contributed by atoms with Crippen molar-refractivity contribution in [3.05, 3.63) is 0 Å². The van der Waals surface area contributed by atoms with Crippen molar-refractivity contribution in [2.45, 2.75) is 64.5 Å². The number of hydrogen-bond acceptors (Lipinski definition) is 3. The van der Waals surface area contributed by atoms with Gasteiger partial charge in [0, 0.05) is 31.7 Å². The van der Waals surface area contributed by atoms with Crippen LogP contribution in [0.2, 0.25) is 0 Å². The van der Waals surface area contributed by atoms with Crippen molar-refractivity contribution in [2.24, 2.45) is 11.8 Å². The fourth-order valence-electron chi connectivity index (χ4n) is 4.10. The van der Waals surface area contributed by atoms with Crippen molar-refractivity contribution in [1.29, 1.82) is 0 Å².